The molecule has 1 aliphatic heterocycles. The molecule has 1 saturated heterocycles. The average Bonchev–Trinajstić information content (AvgIpc) is 2.78. The van der Waals surface area contributed by atoms with E-state index in [0.717, 1.165) is 6.07 Å². The van der Waals surface area contributed by atoms with Crippen molar-refractivity contribution in [3.63, 3.8) is 0 Å². The number of carbonyl (C=O) groups is 1. The van der Waals surface area contributed by atoms with Crippen LogP contribution in [-0.4, -0.2) is 50.5 Å². The van der Waals surface area contributed by atoms with Crippen LogP contribution in [0.3, 0.4) is 0 Å². The normalized spacial score (nSPS) is 14.5. The zero-order valence-electron chi connectivity index (χ0n) is 16.1. The van der Waals surface area contributed by atoms with E-state index in [1.54, 1.807) is 0 Å². The van der Waals surface area contributed by atoms with Crippen molar-refractivity contribution in [2.45, 2.75) is 4.90 Å². The van der Waals surface area contributed by atoms with Crippen LogP contribution in [0.4, 0.5) is 5.69 Å². The van der Waals surface area contributed by atoms with Gasteiger partial charge in [-0.3, -0.25) is 14.9 Å². The number of nitro benzene ring substituents is 1. The standard InChI is InChI=1S/C20H17N3O7S/c21-14-16(20(24)22-8-10-29-11-9-22)12-15-4-6-18(7-5-15)30-31(27,28)19-3-1-2-17(13-19)23(25)26/h1-7,12-13H,8-11H2/b16-12+. The molecule has 0 radical (unpaired) electrons. The number of hydrogen-bond acceptors (Lipinski definition) is 8. The first-order valence-electron chi connectivity index (χ1n) is 9.08. The Morgan fingerprint density at radius 1 is 1.19 bits per heavy atom. The lowest BCUT2D eigenvalue weighted by molar-refractivity contribution is -0.385. The summed E-state index contributed by atoms with van der Waals surface area (Å²) in [6.07, 6.45) is 1.40. The molecule has 0 unspecified atom stereocenters. The third-order valence-electron chi connectivity index (χ3n) is 4.36. The summed E-state index contributed by atoms with van der Waals surface area (Å²) in [5.74, 6) is -0.430. The fourth-order valence-electron chi connectivity index (χ4n) is 2.79. The molecule has 0 atom stereocenters. The van der Waals surface area contributed by atoms with Crippen LogP contribution >= 0.6 is 0 Å². The minimum atomic E-state index is -4.28. The van der Waals surface area contributed by atoms with Crippen molar-refractivity contribution in [1.82, 2.24) is 4.90 Å². The second-order valence-electron chi connectivity index (χ2n) is 6.44. The van der Waals surface area contributed by atoms with Gasteiger partial charge in [-0.1, -0.05) is 18.2 Å². The van der Waals surface area contributed by atoms with Crippen molar-refractivity contribution in [2.24, 2.45) is 0 Å². The number of benzene rings is 2. The Morgan fingerprint density at radius 3 is 2.48 bits per heavy atom. The number of nitrogens with zero attached hydrogens (tertiary/aromatic N) is 3. The molecule has 1 fully saturated rings. The molecule has 0 bridgehead atoms. The average molecular weight is 443 g/mol. The largest absolute Gasteiger partial charge is 0.379 e. The Hall–Kier alpha value is -3.75. The van der Waals surface area contributed by atoms with E-state index in [1.807, 2.05) is 6.07 Å². The predicted octanol–water partition coefficient (Wildman–Crippen LogP) is 2.13. The van der Waals surface area contributed by atoms with Crippen LogP contribution in [0, 0.1) is 21.4 Å². The summed E-state index contributed by atoms with van der Waals surface area (Å²) in [5, 5.41) is 20.2. The van der Waals surface area contributed by atoms with Gasteiger partial charge in [0.2, 0.25) is 0 Å². The fourth-order valence-corrected chi connectivity index (χ4v) is 3.76. The monoisotopic (exact) mass is 443 g/mol. The first kappa shape index (κ1) is 21.9. The predicted molar refractivity (Wildman–Crippen MR) is 108 cm³/mol. The third kappa shape index (κ3) is 5.44. The van der Waals surface area contributed by atoms with Crippen LogP contribution < -0.4 is 4.18 Å². The first-order chi connectivity index (χ1) is 14.8. The molecule has 1 aliphatic rings. The number of non-ortho nitro benzene ring substituents is 1. The lowest BCUT2D eigenvalue weighted by atomic mass is 10.1. The van der Waals surface area contributed by atoms with Gasteiger partial charge < -0.3 is 13.8 Å². The van der Waals surface area contributed by atoms with E-state index < -0.39 is 20.9 Å². The van der Waals surface area contributed by atoms with Crippen LogP contribution in [0.5, 0.6) is 5.75 Å². The van der Waals surface area contributed by atoms with Gasteiger partial charge in [0, 0.05) is 25.2 Å². The topological polar surface area (TPSA) is 140 Å². The molecule has 1 heterocycles. The van der Waals surface area contributed by atoms with Crippen LogP contribution in [0.25, 0.3) is 6.08 Å². The van der Waals surface area contributed by atoms with Crippen LogP contribution in [0.2, 0.25) is 0 Å². The molecule has 0 saturated carbocycles. The second-order valence-corrected chi connectivity index (χ2v) is 7.98. The van der Waals surface area contributed by atoms with E-state index in [9.17, 15) is 28.6 Å². The van der Waals surface area contributed by atoms with Crippen molar-refractivity contribution in [2.75, 3.05) is 26.3 Å². The number of nitro groups is 1. The van der Waals surface area contributed by atoms with Gasteiger partial charge in [0.05, 0.1) is 18.1 Å². The van der Waals surface area contributed by atoms with Gasteiger partial charge in [-0.15, -0.1) is 0 Å². The van der Waals surface area contributed by atoms with E-state index in [2.05, 4.69) is 0 Å². The highest BCUT2D eigenvalue weighted by Crippen LogP contribution is 2.23. The van der Waals surface area contributed by atoms with E-state index in [4.69, 9.17) is 8.92 Å². The molecule has 2 aromatic rings. The Labute approximate surface area is 178 Å². The molecular formula is C20H17N3O7S. The Balaban J connectivity index is 1.75. The van der Waals surface area contributed by atoms with E-state index >= 15 is 0 Å². The zero-order valence-corrected chi connectivity index (χ0v) is 16.9. The van der Waals surface area contributed by atoms with Crippen molar-refractivity contribution < 1.29 is 27.1 Å². The quantitative estimate of drug-likeness (QED) is 0.217. The van der Waals surface area contributed by atoms with Gasteiger partial charge in [0.25, 0.3) is 11.6 Å². The lowest BCUT2D eigenvalue weighted by Crippen LogP contribution is -2.41. The molecule has 10 nitrogen and oxygen atoms in total. The van der Waals surface area contributed by atoms with Gasteiger partial charge in [-0.2, -0.15) is 13.7 Å². The molecule has 0 aliphatic carbocycles. The van der Waals surface area contributed by atoms with Gasteiger partial charge in [-0.05, 0) is 29.8 Å². The Morgan fingerprint density at radius 2 is 1.87 bits per heavy atom. The molecule has 2 aromatic carbocycles. The first-order valence-corrected chi connectivity index (χ1v) is 10.5. The number of carbonyl (C=O) groups excluding carboxylic acids is 1. The van der Waals surface area contributed by atoms with E-state index in [-0.39, 0.29) is 21.9 Å². The number of amides is 1. The maximum absolute atomic E-state index is 12.4. The number of morpholine rings is 1. The van der Waals surface area contributed by atoms with Crippen molar-refractivity contribution in [1.29, 1.82) is 5.26 Å². The maximum Gasteiger partial charge on any atom is 0.339 e. The summed E-state index contributed by atoms with van der Waals surface area (Å²) >= 11 is 0. The fraction of sp³-hybridized carbons (Fsp3) is 0.200. The molecule has 31 heavy (non-hydrogen) atoms. The van der Waals surface area contributed by atoms with Crippen molar-refractivity contribution in [3.05, 3.63) is 69.8 Å². The number of hydrogen-bond donors (Lipinski definition) is 0. The summed E-state index contributed by atoms with van der Waals surface area (Å²) < 4.78 is 35.0. The van der Waals surface area contributed by atoms with Gasteiger partial charge >= 0.3 is 10.1 Å². The minimum absolute atomic E-state index is 0.0262. The summed E-state index contributed by atoms with van der Waals surface area (Å²) in [4.78, 5) is 23.8. The van der Waals surface area contributed by atoms with Gasteiger partial charge in [-0.25, -0.2) is 0 Å². The molecule has 0 spiro atoms. The highest BCUT2D eigenvalue weighted by atomic mass is 32.2. The van der Waals surface area contributed by atoms with Crippen LogP contribution in [0.15, 0.2) is 59.0 Å². The summed E-state index contributed by atoms with van der Waals surface area (Å²) in [6.45, 7) is 1.63. The Kier molecular flexibility index (Phi) is 6.64. The summed E-state index contributed by atoms with van der Waals surface area (Å²) in [7, 11) is -4.28. The van der Waals surface area contributed by atoms with E-state index in [0.29, 0.717) is 31.9 Å². The Bertz CT molecular complexity index is 1160. The summed E-state index contributed by atoms with van der Waals surface area (Å²) in [5.41, 5.74) is 0.0668. The molecule has 3 rings (SSSR count). The molecule has 0 N–H and O–H groups in total. The second kappa shape index (κ2) is 9.38. The molecule has 1 amide bonds. The van der Waals surface area contributed by atoms with E-state index in [1.165, 1.54) is 53.4 Å². The molecule has 160 valence electrons. The van der Waals surface area contributed by atoms with Crippen molar-refractivity contribution in [3.8, 4) is 11.8 Å². The number of nitriles is 1. The smallest absolute Gasteiger partial charge is 0.339 e. The highest BCUT2D eigenvalue weighted by Gasteiger charge is 2.21. The highest BCUT2D eigenvalue weighted by molar-refractivity contribution is 7.87. The molecule has 0 aromatic heterocycles. The molecule has 11 heteroatoms. The third-order valence-corrected chi connectivity index (χ3v) is 5.61. The zero-order chi connectivity index (χ0) is 22.4. The SMILES string of the molecule is N#C/C(=C\c1ccc(OS(=O)(=O)c2cccc([N+](=O)[O-])c2)cc1)C(=O)N1CCOCC1. The van der Waals surface area contributed by atoms with Crippen LogP contribution in [0.1, 0.15) is 5.56 Å². The summed E-state index contributed by atoms with van der Waals surface area (Å²) in [6, 6.07) is 12.1. The van der Waals surface area contributed by atoms with Gasteiger partial charge in [0.15, 0.2) is 0 Å². The minimum Gasteiger partial charge on any atom is -0.379 e. The molecular weight excluding hydrogens is 426 g/mol. The van der Waals surface area contributed by atoms with Gasteiger partial charge in [0.1, 0.15) is 22.3 Å². The lowest BCUT2D eigenvalue weighted by Gasteiger charge is -2.26. The number of ether oxygens (including phenoxy) is 1. The van der Waals surface area contributed by atoms with Crippen molar-refractivity contribution >= 4 is 27.8 Å². The number of rotatable bonds is 6. The van der Waals surface area contributed by atoms with Crippen LogP contribution in [-0.2, 0) is 19.6 Å². The maximum atomic E-state index is 12.4.